The normalized spacial score (nSPS) is 23.9. The van der Waals surface area contributed by atoms with E-state index in [-0.39, 0.29) is 18.4 Å². The first-order valence-corrected chi connectivity index (χ1v) is 14.1. The van der Waals surface area contributed by atoms with E-state index in [0.29, 0.717) is 49.9 Å². The van der Waals surface area contributed by atoms with Crippen molar-refractivity contribution in [2.75, 3.05) is 32.0 Å². The highest BCUT2D eigenvalue weighted by atomic mass is 19.1. The molecule has 0 aromatic heterocycles. The number of fused-ring (bicyclic) bond motifs is 1. The number of hydrogen-bond donors (Lipinski definition) is 3. The first kappa shape index (κ1) is 28.7. The third-order valence-electron chi connectivity index (χ3n) is 8.71. The molecular formula is C30H35F2N5O4. The van der Waals surface area contributed by atoms with Crippen molar-refractivity contribution in [2.45, 2.75) is 57.0 Å². The Labute approximate surface area is 237 Å². The lowest BCUT2D eigenvalue weighted by Gasteiger charge is -2.48. The van der Waals surface area contributed by atoms with Gasteiger partial charge in [0.05, 0.1) is 6.04 Å². The smallest absolute Gasteiger partial charge is 0.321 e. The summed E-state index contributed by atoms with van der Waals surface area (Å²) in [6, 6.07) is 7.44. The third-order valence-corrected chi connectivity index (χ3v) is 8.71. The minimum absolute atomic E-state index is 0.188. The minimum Gasteiger partial charge on any atom is -0.341 e. The molecule has 9 nitrogen and oxygen atoms in total. The van der Waals surface area contributed by atoms with E-state index in [1.165, 1.54) is 24.1 Å². The maximum atomic E-state index is 14.2. The van der Waals surface area contributed by atoms with E-state index in [2.05, 4.69) is 20.9 Å². The Kier molecular flexibility index (Phi) is 8.08. The predicted molar refractivity (Wildman–Crippen MR) is 148 cm³/mol. The van der Waals surface area contributed by atoms with Crippen LogP contribution in [0.2, 0.25) is 0 Å². The maximum absolute atomic E-state index is 14.2. The van der Waals surface area contributed by atoms with Crippen LogP contribution in [0, 0.1) is 17.6 Å². The summed E-state index contributed by atoms with van der Waals surface area (Å²) in [7, 11) is 1.43. The number of nitrogens with one attached hydrogen (secondary N) is 3. The number of imide groups is 1. The lowest BCUT2D eigenvalue weighted by molar-refractivity contribution is -0.153. The number of hydrogen-bond acceptors (Lipinski definition) is 5. The Balaban J connectivity index is 1.33. The van der Waals surface area contributed by atoms with E-state index < -0.39 is 41.1 Å². The van der Waals surface area contributed by atoms with Gasteiger partial charge in [-0.2, -0.15) is 0 Å². The highest BCUT2D eigenvalue weighted by Crippen LogP contribution is 2.44. The topological polar surface area (TPSA) is 111 Å². The second kappa shape index (κ2) is 11.6. The van der Waals surface area contributed by atoms with E-state index in [1.54, 1.807) is 12.1 Å². The number of nitrogens with zero attached hydrogens (tertiary/aromatic N) is 2. The summed E-state index contributed by atoms with van der Waals surface area (Å²) in [5.74, 6) is -2.83. The van der Waals surface area contributed by atoms with Crippen LogP contribution < -0.4 is 16.0 Å². The average molecular weight is 568 g/mol. The molecule has 5 amide bonds. The van der Waals surface area contributed by atoms with Crippen molar-refractivity contribution in [1.29, 1.82) is 0 Å². The molecule has 0 bridgehead atoms. The summed E-state index contributed by atoms with van der Waals surface area (Å²) < 4.78 is 28.3. The predicted octanol–water partition coefficient (Wildman–Crippen LogP) is 3.29. The first-order chi connectivity index (χ1) is 19.6. The second-order valence-electron chi connectivity index (χ2n) is 11.1. The van der Waals surface area contributed by atoms with Gasteiger partial charge in [0.2, 0.25) is 17.7 Å². The molecule has 1 aliphatic carbocycles. The van der Waals surface area contributed by atoms with E-state index in [4.69, 9.17) is 0 Å². The molecule has 1 spiro atoms. The zero-order chi connectivity index (χ0) is 29.3. The van der Waals surface area contributed by atoms with Crippen molar-refractivity contribution in [1.82, 2.24) is 20.4 Å². The first-order valence-electron chi connectivity index (χ1n) is 14.1. The molecule has 3 atom stereocenters. The van der Waals surface area contributed by atoms with Crippen LogP contribution >= 0.6 is 0 Å². The molecule has 0 radical (unpaired) electrons. The van der Waals surface area contributed by atoms with Crippen LogP contribution in [0.4, 0.5) is 19.3 Å². The molecule has 2 heterocycles. The number of amides is 5. The Bertz CT molecular complexity index is 1360. The lowest BCUT2D eigenvalue weighted by atomic mass is 9.80. The van der Waals surface area contributed by atoms with Crippen LogP contribution in [0.5, 0.6) is 0 Å². The van der Waals surface area contributed by atoms with Gasteiger partial charge in [0.1, 0.15) is 23.7 Å². The Morgan fingerprint density at radius 3 is 2.46 bits per heavy atom. The molecule has 2 aromatic carbocycles. The van der Waals surface area contributed by atoms with Crippen LogP contribution in [-0.2, 0) is 27.2 Å². The third kappa shape index (κ3) is 5.68. The number of halogens is 2. The number of urea groups is 1. The molecule has 3 N–H and O–H groups in total. The Morgan fingerprint density at radius 1 is 1.02 bits per heavy atom. The lowest BCUT2D eigenvalue weighted by Crippen LogP contribution is -2.61. The van der Waals surface area contributed by atoms with Gasteiger partial charge >= 0.3 is 6.03 Å². The summed E-state index contributed by atoms with van der Waals surface area (Å²) in [5, 5.41) is 7.54. The van der Waals surface area contributed by atoms with Gasteiger partial charge in [-0.15, -0.1) is 0 Å². The molecule has 0 saturated carbocycles. The molecule has 11 heteroatoms. The van der Waals surface area contributed by atoms with E-state index in [9.17, 15) is 28.0 Å². The summed E-state index contributed by atoms with van der Waals surface area (Å²) in [6.07, 6.45) is 3.50. The van der Waals surface area contributed by atoms with Crippen molar-refractivity contribution >= 4 is 29.4 Å². The highest BCUT2D eigenvalue weighted by Gasteiger charge is 2.53. The Hall–Kier alpha value is -3.86. The summed E-state index contributed by atoms with van der Waals surface area (Å²) >= 11 is 0. The average Bonchev–Trinajstić information content (AvgIpc) is 3.55. The molecule has 2 saturated heterocycles. The molecule has 3 aliphatic rings. The van der Waals surface area contributed by atoms with Gasteiger partial charge in [-0.05, 0) is 92.6 Å². The molecule has 0 unspecified atom stereocenters. The standard InChI is InChI=1S/C30H35F2N5O4/c1-3-36-10-4-8-30(36)9-7-25(20-13-22(31)16-23(32)14-20)37(28(30)40)17-26(38)34-24-6-5-18-11-21(12-19(18)15-24)27(39)35-29(41)33-2/h5-6,13-16,21,25H,3-4,7-12,17H2,1-2H3,(H,34,38)(H2,33,35,39,41)/t21-,25+,30-/m1/s1. The van der Waals surface area contributed by atoms with E-state index in [1.807, 2.05) is 13.0 Å². The molecule has 2 aromatic rings. The van der Waals surface area contributed by atoms with Gasteiger partial charge in [0, 0.05) is 24.7 Å². The van der Waals surface area contributed by atoms with Crippen LogP contribution in [0.15, 0.2) is 36.4 Å². The quantitative estimate of drug-likeness (QED) is 0.496. The van der Waals surface area contributed by atoms with Gasteiger partial charge < -0.3 is 15.5 Å². The van der Waals surface area contributed by atoms with Crippen LogP contribution in [0.1, 0.15) is 55.3 Å². The van der Waals surface area contributed by atoms with Crippen LogP contribution in [0.3, 0.4) is 0 Å². The number of rotatable bonds is 6. The van der Waals surface area contributed by atoms with Gasteiger partial charge in [0.15, 0.2) is 0 Å². The largest absolute Gasteiger partial charge is 0.341 e. The highest BCUT2D eigenvalue weighted by molar-refractivity contribution is 5.98. The van der Waals surface area contributed by atoms with Crippen molar-refractivity contribution < 1.29 is 28.0 Å². The van der Waals surface area contributed by atoms with Gasteiger partial charge in [-0.25, -0.2) is 13.6 Å². The zero-order valence-electron chi connectivity index (χ0n) is 23.3. The fourth-order valence-corrected chi connectivity index (χ4v) is 6.78. The number of carbonyl (C=O) groups is 4. The summed E-state index contributed by atoms with van der Waals surface area (Å²) in [5.41, 5.74) is 1.99. The van der Waals surface area contributed by atoms with Crippen molar-refractivity contribution in [2.24, 2.45) is 5.92 Å². The molecular weight excluding hydrogens is 532 g/mol. The monoisotopic (exact) mass is 567 g/mol. The van der Waals surface area contributed by atoms with Gasteiger partial charge in [-0.1, -0.05) is 13.0 Å². The maximum Gasteiger partial charge on any atom is 0.321 e. The second-order valence-corrected chi connectivity index (χ2v) is 11.1. The molecule has 5 rings (SSSR count). The van der Waals surface area contributed by atoms with Crippen molar-refractivity contribution in [3.05, 3.63) is 64.7 Å². The number of benzene rings is 2. The fourth-order valence-electron chi connectivity index (χ4n) is 6.78. The minimum atomic E-state index is -0.728. The number of carbonyl (C=O) groups excluding carboxylic acids is 4. The van der Waals surface area contributed by atoms with E-state index >= 15 is 0 Å². The molecule has 2 aliphatic heterocycles. The fraction of sp³-hybridized carbons (Fsp3) is 0.467. The summed E-state index contributed by atoms with van der Waals surface area (Å²) in [4.78, 5) is 55.0. The number of anilines is 1. The van der Waals surface area contributed by atoms with E-state index in [0.717, 1.165) is 30.2 Å². The summed E-state index contributed by atoms with van der Waals surface area (Å²) in [6.45, 7) is 3.22. The zero-order valence-corrected chi connectivity index (χ0v) is 23.3. The van der Waals surface area contributed by atoms with Crippen LogP contribution in [0.25, 0.3) is 0 Å². The van der Waals surface area contributed by atoms with Crippen LogP contribution in [-0.4, -0.2) is 65.8 Å². The number of likely N-dealkylation sites (tertiary alicyclic amines) is 2. The number of likely N-dealkylation sites (N-methyl/N-ethyl adjacent to an activating group) is 1. The molecule has 2 fully saturated rings. The molecule has 41 heavy (non-hydrogen) atoms. The van der Waals surface area contributed by atoms with Gasteiger partial charge in [-0.3, -0.25) is 24.6 Å². The molecule has 218 valence electrons. The Morgan fingerprint density at radius 2 is 1.76 bits per heavy atom. The van der Waals surface area contributed by atoms with Gasteiger partial charge in [0.25, 0.3) is 0 Å². The number of piperidine rings is 1. The van der Waals surface area contributed by atoms with Crippen molar-refractivity contribution in [3.63, 3.8) is 0 Å². The van der Waals surface area contributed by atoms with Crippen molar-refractivity contribution in [3.8, 4) is 0 Å². The SMILES string of the molecule is CCN1CCC[C@]12CC[C@@H](c1cc(F)cc(F)c1)N(CC(=O)Nc1ccc3c(c1)C[C@H](C(=O)NC(=O)NC)C3)C2=O.